The van der Waals surface area contributed by atoms with Gasteiger partial charge in [-0.15, -0.1) is 13.2 Å². The second kappa shape index (κ2) is 12.0. The highest BCUT2D eigenvalue weighted by Crippen LogP contribution is 2.34. The van der Waals surface area contributed by atoms with Gasteiger partial charge in [0.2, 0.25) is 0 Å². The number of hydrogen-bond donors (Lipinski definition) is 1. The smallest absolute Gasteiger partial charge is 0.406 e. The van der Waals surface area contributed by atoms with Crippen LogP contribution >= 0.6 is 0 Å². The van der Waals surface area contributed by atoms with Crippen LogP contribution in [-0.4, -0.2) is 55.0 Å². The third-order valence-corrected chi connectivity index (χ3v) is 7.03. The van der Waals surface area contributed by atoms with Gasteiger partial charge in [0.15, 0.2) is 0 Å². The summed E-state index contributed by atoms with van der Waals surface area (Å²) in [6.45, 7) is 11.8. The van der Waals surface area contributed by atoms with E-state index in [0.717, 1.165) is 62.2 Å². The Labute approximate surface area is 217 Å². The third kappa shape index (κ3) is 7.28. The summed E-state index contributed by atoms with van der Waals surface area (Å²) in [7, 11) is 0. The molecule has 0 radical (unpaired) electrons. The molecule has 1 aliphatic rings. The Bertz CT molecular complexity index is 1170. The van der Waals surface area contributed by atoms with Crippen molar-refractivity contribution >= 4 is 22.3 Å². The molecule has 2 aromatic carbocycles. The van der Waals surface area contributed by atoms with Gasteiger partial charge in [0.1, 0.15) is 5.75 Å². The zero-order valence-corrected chi connectivity index (χ0v) is 21.9. The van der Waals surface area contributed by atoms with Crippen molar-refractivity contribution in [2.45, 2.75) is 58.9 Å². The largest absolute Gasteiger partial charge is 0.573 e. The summed E-state index contributed by atoms with van der Waals surface area (Å²) in [5.41, 5.74) is 4.10. The second-order valence-corrected chi connectivity index (χ2v) is 9.74. The topological polar surface area (TPSA) is 40.6 Å². The van der Waals surface area contributed by atoms with Crippen molar-refractivity contribution in [3.05, 3.63) is 48.5 Å². The maximum Gasteiger partial charge on any atom is 0.573 e. The van der Waals surface area contributed by atoms with Crippen molar-refractivity contribution in [2.75, 3.05) is 42.9 Å². The van der Waals surface area contributed by atoms with Gasteiger partial charge >= 0.3 is 6.36 Å². The van der Waals surface area contributed by atoms with Crippen LogP contribution in [0.1, 0.15) is 46.5 Å². The molecule has 5 nitrogen and oxygen atoms in total. The molecule has 8 heteroatoms. The monoisotopic (exact) mass is 514 g/mol. The van der Waals surface area contributed by atoms with Crippen LogP contribution in [-0.2, 0) is 0 Å². The van der Waals surface area contributed by atoms with E-state index in [1.807, 2.05) is 12.1 Å². The summed E-state index contributed by atoms with van der Waals surface area (Å²) < 4.78 is 42.5. The Kier molecular flexibility index (Phi) is 8.79. The van der Waals surface area contributed by atoms with Gasteiger partial charge in [-0.3, -0.25) is 0 Å². The fourth-order valence-corrected chi connectivity index (χ4v) is 5.00. The van der Waals surface area contributed by atoms with E-state index in [9.17, 15) is 13.2 Å². The molecule has 0 amide bonds. The first kappa shape index (κ1) is 27.0. The fourth-order valence-electron chi connectivity index (χ4n) is 5.00. The quantitative estimate of drug-likeness (QED) is 0.290. The minimum Gasteiger partial charge on any atom is -0.406 e. The molecule has 1 unspecified atom stereocenters. The predicted octanol–water partition coefficient (Wildman–Crippen LogP) is 7.32. The van der Waals surface area contributed by atoms with Crippen LogP contribution < -0.4 is 15.0 Å². The first-order valence-corrected chi connectivity index (χ1v) is 13.3. The number of alkyl halides is 3. The minimum atomic E-state index is -4.74. The van der Waals surface area contributed by atoms with E-state index in [4.69, 9.17) is 4.98 Å². The number of halogens is 3. The van der Waals surface area contributed by atoms with Crippen LogP contribution in [0.25, 0.3) is 22.2 Å². The van der Waals surface area contributed by atoms with Gasteiger partial charge in [-0.2, -0.15) is 0 Å². The van der Waals surface area contributed by atoms with E-state index >= 15 is 0 Å². The molecule has 1 atom stereocenters. The molecule has 2 heterocycles. The molecule has 0 bridgehead atoms. The zero-order valence-electron chi connectivity index (χ0n) is 21.9. The number of nitrogens with zero attached hydrogens (tertiary/aromatic N) is 3. The number of nitrogens with one attached hydrogen (secondary N) is 1. The number of aromatic nitrogens is 1. The fraction of sp³-hybridized carbons (Fsp3) is 0.483. The van der Waals surface area contributed by atoms with Gasteiger partial charge in [0.25, 0.3) is 0 Å². The number of benzene rings is 2. The lowest BCUT2D eigenvalue weighted by atomic mass is 10.1. The van der Waals surface area contributed by atoms with Gasteiger partial charge in [-0.1, -0.05) is 26.0 Å². The van der Waals surface area contributed by atoms with Gasteiger partial charge in [-0.25, -0.2) is 4.98 Å². The highest BCUT2D eigenvalue weighted by atomic mass is 19.4. The maximum atomic E-state index is 12.8. The molecule has 37 heavy (non-hydrogen) atoms. The summed E-state index contributed by atoms with van der Waals surface area (Å²) in [4.78, 5) is 9.64. The Balaban J connectivity index is 1.65. The molecule has 0 spiro atoms. The van der Waals surface area contributed by atoms with Crippen LogP contribution in [0, 0.1) is 0 Å². The van der Waals surface area contributed by atoms with Crippen molar-refractivity contribution in [2.24, 2.45) is 0 Å². The minimum absolute atomic E-state index is 0.226. The predicted molar refractivity (Wildman–Crippen MR) is 145 cm³/mol. The van der Waals surface area contributed by atoms with Crippen molar-refractivity contribution in [3.63, 3.8) is 0 Å². The van der Waals surface area contributed by atoms with E-state index in [-0.39, 0.29) is 11.8 Å². The molecule has 1 fully saturated rings. The SMILES string of the molecule is CCN(CC)CCCC(C)Nc1cc(-c2cccc(OC(F)(F)F)c2)nc2ccc(N3CCCC3)cc12. The number of hydrogen-bond acceptors (Lipinski definition) is 5. The molecule has 200 valence electrons. The summed E-state index contributed by atoms with van der Waals surface area (Å²) >= 11 is 0. The number of fused-ring (bicyclic) bond motifs is 1. The summed E-state index contributed by atoms with van der Waals surface area (Å²) in [6, 6.07) is 14.5. The molecular formula is C29H37F3N4O. The zero-order chi connectivity index (χ0) is 26.4. The average molecular weight is 515 g/mol. The summed E-state index contributed by atoms with van der Waals surface area (Å²) in [5.74, 6) is -0.254. The van der Waals surface area contributed by atoms with Crippen LogP contribution in [0.2, 0.25) is 0 Å². The van der Waals surface area contributed by atoms with Crippen molar-refractivity contribution in [1.29, 1.82) is 0 Å². The molecule has 1 saturated heterocycles. The first-order valence-electron chi connectivity index (χ1n) is 13.3. The van der Waals surface area contributed by atoms with Crippen LogP contribution in [0.5, 0.6) is 5.75 Å². The lowest BCUT2D eigenvalue weighted by molar-refractivity contribution is -0.274. The molecule has 4 rings (SSSR count). The summed E-state index contributed by atoms with van der Waals surface area (Å²) in [5, 5.41) is 4.71. The highest BCUT2D eigenvalue weighted by Gasteiger charge is 2.31. The van der Waals surface area contributed by atoms with Gasteiger partial charge in [0, 0.05) is 41.5 Å². The van der Waals surface area contributed by atoms with Crippen molar-refractivity contribution < 1.29 is 17.9 Å². The third-order valence-electron chi connectivity index (χ3n) is 7.03. The second-order valence-electron chi connectivity index (χ2n) is 9.74. The van der Waals surface area contributed by atoms with Crippen LogP contribution in [0.4, 0.5) is 24.5 Å². The standard InChI is InChI=1S/C29H37F3N4O/c1-4-35(5-2)15-9-10-21(3)33-28-20-27(22-11-8-12-24(18-22)37-29(30,31)32)34-26-14-13-23(19-25(26)28)36-16-6-7-17-36/h8,11-14,18-21H,4-7,9-10,15-17H2,1-3H3,(H,33,34). The Hall–Kier alpha value is -3.00. The maximum absolute atomic E-state index is 12.8. The van der Waals surface area contributed by atoms with Gasteiger partial charge < -0.3 is 19.9 Å². The number of pyridine rings is 1. The van der Waals surface area contributed by atoms with E-state index in [2.05, 4.69) is 52.8 Å². The van der Waals surface area contributed by atoms with E-state index in [1.54, 1.807) is 12.1 Å². The molecule has 3 aromatic rings. The summed E-state index contributed by atoms with van der Waals surface area (Å²) in [6.07, 6.45) is -0.257. The lowest BCUT2D eigenvalue weighted by Gasteiger charge is -2.22. The molecule has 0 aliphatic carbocycles. The normalized spacial score (nSPS) is 14.9. The Morgan fingerprint density at radius 3 is 2.51 bits per heavy atom. The molecule has 1 N–H and O–H groups in total. The number of anilines is 2. The van der Waals surface area contributed by atoms with E-state index < -0.39 is 6.36 Å². The molecular weight excluding hydrogens is 477 g/mol. The lowest BCUT2D eigenvalue weighted by Crippen LogP contribution is -2.25. The van der Waals surface area contributed by atoms with Crippen LogP contribution in [0.15, 0.2) is 48.5 Å². The molecule has 0 saturated carbocycles. The van der Waals surface area contributed by atoms with E-state index in [0.29, 0.717) is 11.3 Å². The van der Waals surface area contributed by atoms with Crippen LogP contribution in [0.3, 0.4) is 0 Å². The van der Waals surface area contributed by atoms with Crippen molar-refractivity contribution in [1.82, 2.24) is 9.88 Å². The number of rotatable bonds is 11. The van der Waals surface area contributed by atoms with Crippen molar-refractivity contribution in [3.8, 4) is 17.0 Å². The average Bonchev–Trinajstić information content (AvgIpc) is 3.41. The van der Waals surface area contributed by atoms with E-state index in [1.165, 1.54) is 30.7 Å². The molecule has 1 aromatic heterocycles. The number of ether oxygens (including phenoxy) is 1. The first-order chi connectivity index (χ1) is 17.8. The van der Waals surface area contributed by atoms with Gasteiger partial charge in [-0.05, 0) is 88.6 Å². The highest BCUT2D eigenvalue weighted by molar-refractivity contribution is 5.96. The Morgan fingerprint density at radius 2 is 1.81 bits per heavy atom. The van der Waals surface area contributed by atoms with Gasteiger partial charge in [0.05, 0.1) is 11.2 Å². The Morgan fingerprint density at radius 1 is 1.05 bits per heavy atom. The molecule has 1 aliphatic heterocycles.